The van der Waals surface area contributed by atoms with Gasteiger partial charge in [0, 0.05) is 16.1 Å². The highest BCUT2D eigenvalue weighted by Gasteiger charge is 2.03. The lowest BCUT2D eigenvalue weighted by atomic mass is 10.1. The van der Waals surface area contributed by atoms with E-state index in [2.05, 4.69) is 0 Å². The summed E-state index contributed by atoms with van der Waals surface area (Å²) in [5.41, 5.74) is 0.635. The molecule has 0 saturated heterocycles. The quantitative estimate of drug-likeness (QED) is 0.595. The van der Waals surface area contributed by atoms with Crippen LogP contribution in [0.15, 0.2) is 12.1 Å². The summed E-state index contributed by atoms with van der Waals surface area (Å²) < 4.78 is 12.8. The molecule has 1 rings (SSSR count). The predicted octanol–water partition coefficient (Wildman–Crippen LogP) is 2.60. The van der Waals surface area contributed by atoms with E-state index in [9.17, 15) is 9.18 Å². The average Bonchev–Trinajstić information content (AvgIpc) is 1.99. The van der Waals surface area contributed by atoms with E-state index in [0.717, 1.165) is 6.07 Å². The lowest BCUT2D eigenvalue weighted by Gasteiger charge is -1.99. The Morgan fingerprint density at radius 2 is 2.18 bits per heavy atom. The summed E-state index contributed by atoms with van der Waals surface area (Å²) in [5.74, 6) is -0.445. The lowest BCUT2D eigenvalue weighted by Crippen LogP contribution is -1.87. The third-order valence-corrected chi connectivity index (χ3v) is 1.83. The summed E-state index contributed by atoms with van der Waals surface area (Å²) in [6.07, 6.45) is 0.564. The fraction of sp³-hybridized carbons (Fsp3) is 0.125. The van der Waals surface area contributed by atoms with E-state index in [4.69, 9.17) is 11.6 Å². The SMILES string of the molecule is Cc1c(F)cc(C=O)cc1Cl. The number of halogens is 2. The van der Waals surface area contributed by atoms with E-state index in [-0.39, 0.29) is 10.6 Å². The Morgan fingerprint density at radius 1 is 1.55 bits per heavy atom. The number of carbonyl (C=O) groups excluding carboxylic acids is 1. The smallest absolute Gasteiger partial charge is 0.150 e. The molecular formula is C8H6ClFO. The van der Waals surface area contributed by atoms with Crippen molar-refractivity contribution in [2.24, 2.45) is 0 Å². The lowest BCUT2D eigenvalue weighted by molar-refractivity contribution is 0.112. The molecule has 11 heavy (non-hydrogen) atoms. The number of aldehydes is 1. The van der Waals surface area contributed by atoms with Crippen molar-refractivity contribution in [3.63, 3.8) is 0 Å². The molecule has 1 aromatic carbocycles. The minimum atomic E-state index is -0.445. The monoisotopic (exact) mass is 172 g/mol. The van der Waals surface area contributed by atoms with Crippen molar-refractivity contribution in [2.75, 3.05) is 0 Å². The Bertz CT molecular complexity index is 273. The first-order chi connectivity index (χ1) is 5.15. The number of hydrogen-bond donors (Lipinski definition) is 0. The highest BCUT2D eigenvalue weighted by Crippen LogP contribution is 2.19. The molecule has 0 spiro atoms. The van der Waals surface area contributed by atoms with Gasteiger partial charge in [0.2, 0.25) is 0 Å². The van der Waals surface area contributed by atoms with E-state index in [1.807, 2.05) is 0 Å². The van der Waals surface area contributed by atoms with Gasteiger partial charge in [-0.05, 0) is 19.1 Å². The molecule has 0 N–H and O–H groups in total. The van der Waals surface area contributed by atoms with Crippen molar-refractivity contribution in [3.05, 3.63) is 34.1 Å². The topological polar surface area (TPSA) is 17.1 Å². The number of carbonyl (C=O) groups is 1. The maximum Gasteiger partial charge on any atom is 0.150 e. The van der Waals surface area contributed by atoms with Crippen LogP contribution in [0.5, 0.6) is 0 Å². The molecule has 0 fully saturated rings. The molecule has 1 aromatic rings. The molecular weight excluding hydrogens is 167 g/mol. The molecule has 0 radical (unpaired) electrons. The second-order valence-corrected chi connectivity index (χ2v) is 2.63. The summed E-state index contributed by atoms with van der Waals surface area (Å²) in [6, 6.07) is 2.60. The van der Waals surface area contributed by atoms with Crippen LogP contribution in [0, 0.1) is 12.7 Å². The second-order valence-electron chi connectivity index (χ2n) is 2.23. The van der Waals surface area contributed by atoms with Crippen LogP contribution >= 0.6 is 11.6 Å². The molecule has 58 valence electrons. The Kier molecular flexibility index (Phi) is 2.25. The second kappa shape index (κ2) is 3.01. The van der Waals surface area contributed by atoms with Gasteiger partial charge in [0.15, 0.2) is 0 Å². The van der Waals surface area contributed by atoms with Gasteiger partial charge in [-0.2, -0.15) is 0 Å². The zero-order chi connectivity index (χ0) is 8.43. The molecule has 0 bridgehead atoms. The van der Waals surface area contributed by atoms with Crippen LogP contribution in [0.3, 0.4) is 0 Å². The zero-order valence-electron chi connectivity index (χ0n) is 5.90. The molecule has 0 amide bonds. The Balaban J connectivity index is 3.31. The highest BCUT2D eigenvalue weighted by atomic mass is 35.5. The maximum atomic E-state index is 12.8. The van der Waals surface area contributed by atoms with Crippen LogP contribution in [0.2, 0.25) is 5.02 Å². The largest absolute Gasteiger partial charge is 0.298 e. The molecule has 0 aliphatic heterocycles. The summed E-state index contributed by atoms with van der Waals surface area (Å²) in [4.78, 5) is 10.2. The molecule has 1 nitrogen and oxygen atoms in total. The fourth-order valence-electron chi connectivity index (χ4n) is 0.733. The zero-order valence-corrected chi connectivity index (χ0v) is 6.65. The summed E-state index contributed by atoms with van der Waals surface area (Å²) in [7, 11) is 0. The Morgan fingerprint density at radius 3 is 2.64 bits per heavy atom. The summed E-state index contributed by atoms with van der Waals surface area (Å²) >= 11 is 5.60. The van der Waals surface area contributed by atoms with Gasteiger partial charge in [-0.25, -0.2) is 4.39 Å². The first kappa shape index (κ1) is 8.21. The van der Waals surface area contributed by atoms with E-state index < -0.39 is 5.82 Å². The van der Waals surface area contributed by atoms with Crippen LogP contribution < -0.4 is 0 Å². The van der Waals surface area contributed by atoms with Gasteiger partial charge in [0.05, 0.1) is 0 Å². The van der Waals surface area contributed by atoms with Crippen molar-refractivity contribution < 1.29 is 9.18 Å². The van der Waals surface area contributed by atoms with Crippen molar-refractivity contribution in [3.8, 4) is 0 Å². The molecule has 3 heteroatoms. The van der Waals surface area contributed by atoms with Crippen molar-refractivity contribution in [1.29, 1.82) is 0 Å². The molecule has 0 heterocycles. The van der Waals surface area contributed by atoms with Crippen molar-refractivity contribution >= 4 is 17.9 Å². The standard InChI is InChI=1S/C8H6ClFO/c1-5-7(9)2-6(4-11)3-8(5)10/h2-4H,1H3. The number of rotatable bonds is 1. The average molecular weight is 173 g/mol. The molecule has 0 aliphatic carbocycles. The number of benzene rings is 1. The number of hydrogen-bond acceptors (Lipinski definition) is 1. The Labute approximate surface area is 68.8 Å². The van der Waals surface area contributed by atoms with Gasteiger partial charge in [-0.3, -0.25) is 4.79 Å². The van der Waals surface area contributed by atoms with Crippen LogP contribution in [0.1, 0.15) is 15.9 Å². The molecule has 0 aromatic heterocycles. The first-order valence-corrected chi connectivity index (χ1v) is 3.44. The van der Waals surface area contributed by atoms with Gasteiger partial charge >= 0.3 is 0 Å². The molecule has 0 aliphatic rings. The highest BCUT2D eigenvalue weighted by molar-refractivity contribution is 6.31. The van der Waals surface area contributed by atoms with Gasteiger partial charge in [-0.1, -0.05) is 11.6 Å². The van der Waals surface area contributed by atoms with Crippen molar-refractivity contribution in [1.82, 2.24) is 0 Å². The van der Waals surface area contributed by atoms with Crippen LogP contribution in [-0.4, -0.2) is 6.29 Å². The van der Waals surface area contributed by atoms with Crippen LogP contribution in [0.25, 0.3) is 0 Å². The Hall–Kier alpha value is -0.890. The maximum absolute atomic E-state index is 12.8. The normalized spacial score (nSPS) is 9.73. The van der Waals surface area contributed by atoms with Gasteiger partial charge in [0.1, 0.15) is 12.1 Å². The van der Waals surface area contributed by atoms with Crippen LogP contribution in [-0.2, 0) is 0 Å². The summed E-state index contributed by atoms with van der Waals surface area (Å²) in [6.45, 7) is 1.56. The van der Waals surface area contributed by atoms with E-state index >= 15 is 0 Å². The predicted molar refractivity (Wildman–Crippen MR) is 41.5 cm³/mol. The van der Waals surface area contributed by atoms with E-state index in [1.54, 1.807) is 6.92 Å². The minimum Gasteiger partial charge on any atom is -0.298 e. The van der Waals surface area contributed by atoms with Crippen molar-refractivity contribution in [2.45, 2.75) is 6.92 Å². The van der Waals surface area contributed by atoms with Gasteiger partial charge in [-0.15, -0.1) is 0 Å². The molecule has 0 atom stereocenters. The van der Waals surface area contributed by atoms with Gasteiger partial charge in [0.25, 0.3) is 0 Å². The first-order valence-electron chi connectivity index (χ1n) is 3.06. The molecule has 0 unspecified atom stereocenters. The van der Waals surface area contributed by atoms with Crippen LogP contribution in [0.4, 0.5) is 4.39 Å². The van der Waals surface area contributed by atoms with Gasteiger partial charge < -0.3 is 0 Å². The molecule has 0 saturated carbocycles. The fourth-order valence-corrected chi connectivity index (χ4v) is 0.949. The third-order valence-electron chi connectivity index (χ3n) is 1.44. The minimum absolute atomic E-state index is 0.262. The van der Waals surface area contributed by atoms with E-state index in [1.165, 1.54) is 6.07 Å². The third kappa shape index (κ3) is 1.57. The summed E-state index contributed by atoms with van der Waals surface area (Å²) in [5, 5.41) is 0.284. The van der Waals surface area contributed by atoms with E-state index in [0.29, 0.717) is 11.8 Å².